The predicted molar refractivity (Wildman–Crippen MR) is 158 cm³/mol. The van der Waals surface area contributed by atoms with Crippen molar-refractivity contribution in [3.8, 4) is 17.2 Å². The molecule has 0 N–H and O–H groups in total. The fourth-order valence-electron chi connectivity index (χ4n) is 4.10. The molecule has 3 aromatic carbocycles. The summed E-state index contributed by atoms with van der Waals surface area (Å²) in [6.45, 7) is 8.37. The molecule has 1 aliphatic heterocycles. The van der Waals surface area contributed by atoms with Crippen LogP contribution in [-0.4, -0.2) is 42.3 Å². The third-order valence-electron chi connectivity index (χ3n) is 6.27. The Morgan fingerprint density at radius 2 is 1.70 bits per heavy atom. The highest BCUT2D eigenvalue weighted by Crippen LogP contribution is 2.39. The van der Waals surface area contributed by atoms with Gasteiger partial charge in [0.15, 0.2) is 11.5 Å². The van der Waals surface area contributed by atoms with Crippen LogP contribution in [0.25, 0.3) is 6.08 Å². The van der Waals surface area contributed by atoms with Crippen molar-refractivity contribution in [2.75, 3.05) is 20.3 Å². The maximum absolute atomic E-state index is 13.1. The van der Waals surface area contributed by atoms with E-state index in [1.165, 1.54) is 7.11 Å². The van der Waals surface area contributed by atoms with Gasteiger partial charge in [-0.05, 0) is 84.6 Å². The summed E-state index contributed by atoms with van der Waals surface area (Å²) < 4.78 is 16.9. The van der Waals surface area contributed by atoms with Crippen LogP contribution in [0.2, 0.25) is 5.02 Å². The van der Waals surface area contributed by atoms with Gasteiger partial charge in [-0.2, -0.15) is 0 Å². The minimum absolute atomic E-state index is 0.0639. The number of ether oxygens (including phenoxy) is 3. The van der Waals surface area contributed by atoms with Crippen LogP contribution in [0.1, 0.15) is 52.4 Å². The van der Waals surface area contributed by atoms with Gasteiger partial charge in [0.25, 0.3) is 11.1 Å². The van der Waals surface area contributed by atoms with Crippen molar-refractivity contribution in [3.05, 3.63) is 92.3 Å². The summed E-state index contributed by atoms with van der Waals surface area (Å²) in [6, 6.07) is 16.1. The lowest BCUT2D eigenvalue weighted by Crippen LogP contribution is -2.32. The highest BCUT2D eigenvalue weighted by Gasteiger charge is 2.35. The second-order valence-electron chi connectivity index (χ2n) is 9.67. The van der Waals surface area contributed by atoms with Gasteiger partial charge in [0.2, 0.25) is 0 Å². The van der Waals surface area contributed by atoms with Crippen molar-refractivity contribution in [1.82, 2.24) is 4.90 Å². The highest BCUT2D eigenvalue weighted by atomic mass is 35.5. The first-order chi connectivity index (χ1) is 19.1. The zero-order chi connectivity index (χ0) is 29.0. The third-order valence-corrected chi connectivity index (χ3v) is 7.46. The number of benzene rings is 3. The van der Waals surface area contributed by atoms with Gasteiger partial charge in [-0.15, -0.1) is 0 Å². The van der Waals surface area contributed by atoms with Crippen molar-refractivity contribution in [3.63, 3.8) is 0 Å². The van der Waals surface area contributed by atoms with Gasteiger partial charge in [0, 0.05) is 0 Å². The number of hydrogen-bond donors (Lipinski definition) is 0. The Morgan fingerprint density at radius 1 is 1.00 bits per heavy atom. The molecular weight excluding hydrogens is 550 g/mol. The van der Waals surface area contributed by atoms with Gasteiger partial charge in [-0.25, -0.2) is 4.79 Å². The first-order valence-electron chi connectivity index (χ1n) is 12.7. The highest BCUT2D eigenvalue weighted by molar-refractivity contribution is 8.18. The standard InChI is InChI=1S/C31H30ClNO6S/c1-18(2)23-11-8-20(4)14-25(23)38-13-12-33-29(34)27(40-31(33)36)17-21-15-24(32)28(26(16-21)37-5)39-30(35)22-9-6-19(3)7-10-22/h6-11,14-18H,12-13H2,1-5H3/b27-17-. The van der Waals surface area contributed by atoms with Crippen molar-refractivity contribution in [2.24, 2.45) is 0 Å². The quantitative estimate of drug-likeness (QED) is 0.148. The van der Waals surface area contributed by atoms with Gasteiger partial charge >= 0.3 is 5.97 Å². The largest absolute Gasteiger partial charge is 0.493 e. The molecule has 0 atom stereocenters. The molecule has 0 saturated carbocycles. The Bertz CT molecular complexity index is 1480. The first kappa shape index (κ1) is 29.2. The number of methoxy groups -OCH3 is 1. The summed E-state index contributed by atoms with van der Waals surface area (Å²) in [4.78, 5) is 39.7. The number of aryl methyl sites for hydroxylation is 2. The molecule has 1 fully saturated rings. The number of hydrogen-bond acceptors (Lipinski definition) is 7. The molecule has 1 saturated heterocycles. The fourth-order valence-corrected chi connectivity index (χ4v) is 5.22. The number of thioether (sulfide) groups is 1. The molecule has 2 amide bonds. The second kappa shape index (κ2) is 12.6. The molecule has 4 rings (SSSR count). The maximum atomic E-state index is 13.1. The summed E-state index contributed by atoms with van der Waals surface area (Å²) in [5.41, 5.74) is 4.03. The van der Waals surface area contributed by atoms with E-state index >= 15 is 0 Å². The molecular formula is C31H30ClNO6S. The van der Waals surface area contributed by atoms with Crippen LogP contribution in [0.3, 0.4) is 0 Å². The van der Waals surface area contributed by atoms with Crippen LogP contribution < -0.4 is 14.2 Å². The number of carbonyl (C=O) groups is 3. The van der Waals surface area contributed by atoms with Crippen LogP contribution >= 0.6 is 23.4 Å². The molecule has 3 aromatic rings. The molecule has 40 heavy (non-hydrogen) atoms. The van der Waals surface area contributed by atoms with E-state index in [4.69, 9.17) is 25.8 Å². The van der Waals surface area contributed by atoms with Gasteiger partial charge < -0.3 is 14.2 Å². The number of carbonyl (C=O) groups excluding carboxylic acids is 3. The molecule has 1 aliphatic rings. The van der Waals surface area contributed by atoms with Gasteiger partial charge in [-0.3, -0.25) is 14.5 Å². The lowest BCUT2D eigenvalue weighted by molar-refractivity contribution is -0.123. The number of halogens is 1. The van der Waals surface area contributed by atoms with E-state index in [0.29, 0.717) is 11.1 Å². The summed E-state index contributed by atoms with van der Waals surface area (Å²) in [6.07, 6.45) is 1.56. The van der Waals surface area contributed by atoms with Crippen LogP contribution in [0.4, 0.5) is 4.79 Å². The Labute approximate surface area is 243 Å². The average Bonchev–Trinajstić information content (AvgIpc) is 3.17. The Hall–Kier alpha value is -3.75. The molecule has 7 nitrogen and oxygen atoms in total. The van der Waals surface area contributed by atoms with E-state index in [1.807, 2.05) is 44.2 Å². The molecule has 9 heteroatoms. The van der Waals surface area contributed by atoms with Gasteiger partial charge in [0.05, 0.1) is 29.1 Å². The van der Waals surface area contributed by atoms with E-state index in [2.05, 4.69) is 13.8 Å². The van der Waals surface area contributed by atoms with Crippen molar-refractivity contribution >= 4 is 46.6 Å². The minimum Gasteiger partial charge on any atom is -0.493 e. The summed E-state index contributed by atoms with van der Waals surface area (Å²) in [5, 5.41) is -0.257. The zero-order valence-corrected chi connectivity index (χ0v) is 24.5. The SMILES string of the molecule is COc1cc(/C=C2\SC(=O)N(CCOc3cc(C)ccc3C(C)C)C2=O)cc(Cl)c1OC(=O)c1ccc(C)cc1. The van der Waals surface area contributed by atoms with Gasteiger partial charge in [0.1, 0.15) is 12.4 Å². The lowest BCUT2D eigenvalue weighted by Gasteiger charge is -2.17. The topological polar surface area (TPSA) is 82.1 Å². The van der Waals surface area contributed by atoms with Crippen molar-refractivity contribution in [2.45, 2.75) is 33.6 Å². The Balaban J connectivity index is 1.47. The molecule has 1 heterocycles. The number of amides is 2. The molecule has 208 valence electrons. The van der Waals surface area contributed by atoms with E-state index in [0.717, 1.165) is 39.1 Å². The van der Waals surface area contributed by atoms with Crippen molar-refractivity contribution < 1.29 is 28.6 Å². The van der Waals surface area contributed by atoms with Gasteiger partial charge in [-0.1, -0.05) is 55.3 Å². The number of esters is 1. The average molecular weight is 580 g/mol. The summed E-state index contributed by atoms with van der Waals surface area (Å²) >= 11 is 7.29. The summed E-state index contributed by atoms with van der Waals surface area (Å²) in [7, 11) is 1.42. The van der Waals surface area contributed by atoms with E-state index in [1.54, 1.807) is 30.3 Å². The molecule has 0 spiro atoms. The monoisotopic (exact) mass is 579 g/mol. The molecule has 0 aliphatic carbocycles. The fraction of sp³-hybridized carbons (Fsp3) is 0.258. The Kier molecular flexibility index (Phi) is 9.22. The maximum Gasteiger partial charge on any atom is 0.343 e. The van der Waals surface area contributed by atoms with Crippen LogP contribution in [0.5, 0.6) is 17.2 Å². The smallest absolute Gasteiger partial charge is 0.343 e. The number of rotatable bonds is 9. The molecule has 0 aromatic heterocycles. The van der Waals surface area contributed by atoms with Crippen molar-refractivity contribution in [1.29, 1.82) is 0 Å². The second-order valence-corrected chi connectivity index (χ2v) is 11.1. The molecule has 0 radical (unpaired) electrons. The van der Waals surface area contributed by atoms with E-state index in [-0.39, 0.29) is 45.7 Å². The van der Waals surface area contributed by atoms with Crippen LogP contribution in [0, 0.1) is 13.8 Å². The molecule has 0 bridgehead atoms. The number of nitrogens with zero attached hydrogens (tertiary/aromatic N) is 1. The Morgan fingerprint density at radius 3 is 2.38 bits per heavy atom. The predicted octanol–water partition coefficient (Wildman–Crippen LogP) is 7.42. The van der Waals surface area contributed by atoms with Crippen LogP contribution in [-0.2, 0) is 4.79 Å². The summed E-state index contributed by atoms with van der Waals surface area (Å²) in [5.74, 6) is 0.304. The minimum atomic E-state index is -0.581. The normalized spacial score (nSPS) is 14.3. The third kappa shape index (κ3) is 6.69. The van der Waals surface area contributed by atoms with Crippen LogP contribution in [0.15, 0.2) is 59.5 Å². The first-order valence-corrected chi connectivity index (χ1v) is 13.9. The zero-order valence-electron chi connectivity index (χ0n) is 22.9. The molecule has 0 unspecified atom stereocenters. The lowest BCUT2D eigenvalue weighted by atomic mass is 10.0. The van der Waals surface area contributed by atoms with E-state index < -0.39 is 11.9 Å². The van der Waals surface area contributed by atoms with E-state index in [9.17, 15) is 14.4 Å². The number of imide groups is 1.